The summed E-state index contributed by atoms with van der Waals surface area (Å²) in [6.45, 7) is 6.46. The molecule has 2 atom stereocenters. The van der Waals surface area contributed by atoms with E-state index in [4.69, 9.17) is 14.2 Å². The number of hydrogen-bond donors (Lipinski definition) is 2. The van der Waals surface area contributed by atoms with Gasteiger partial charge >= 0.3 is 0 Å². The molecule has 2 N–H and O–H groups in total. The molecule has 224 valence electrons. The Hall–Kier alpha value is -0.200. The van der Waals surface area contributed by atoms with Gasteiger partial charge in [0.2, 0.25) is 0 Å². The Bertz CT molecular complexity index is 371. The van der Waals surface area contributed by atoms with E-state index in [1.54, 1.807) is 0 Å². The topological polar surface area (TPSA) is 68.2 Å². The molecule has 37 heavy (non-hydrogen) atoms. The maximum absolute atomic E-state index is 9.62. The molecule has 0 aliphatic heterocycles. The fraction of sp³-hybridized carbons (Fsp3) is 1.00. The SMILES string of the molecule is CCCCCCCCCCCCCOCC(CO)OC(CO)COCCCCCCCCCCCCC. The second-order valence-electron chi connectivity index (χ2n) is 11.0. The molecule has 5 nitrogen and oxygen atoms in total. The van der Waals surface area contributed by atoms with Gasteiger partial charge < -0.3 is 24.4 Å². The number of unbranched alkanes of at least 4 members (excludes halogenated alkanes) is 20. The Labute approximate surface area is 231 Å². The summed E-state index contributed by atoms with van der Waals surface area (Å²) in [7, 11) is 0. The third kappa shape index (κ3) is 28.6. The van der Waals surface area contributed by atoms with Crippen molar-refractivity contribution in [3.63, 3.8) is 0 Å². The lowest BCUT2D eigenvalue weighted by molar-refractivity contribution is -0.115. The molecule has 0 saturated heterocycles. The molecule has 0 fully saturated rings. The molecule has 0 rings (SSSR count). The van der Waals surface area contributed by atoms with Crippen molar-refractivity contribution in [2.75, 3.05) is 39.6 Å². The summed E-state index contributed by atoms with van der Waals surface area (Å²) in [5, 5.41) is 19.2. The number of aliphatic hydroxyl groups is 2. The van der Waals surface area contributed by atoms with Crippen molar-refractivity contribution in [2.45, 2.75) is 167 Å². The number of hydrogen-bond acceptors (Lipinski definition) is 5. The Morgan fingerprint density at radius 3 is 0.946 bits per heavy atom. The first-order valence-corrected chi connectivity index (χ1v) is 16.3. The lowest BCUT2D eigenvalue weighted by Crippen LogP contribution is -2.34. The Balaban J connectivity index is 3.53. The zero-order valence-electron chi connectivity index (χ0n) is 25.1. The Morgan fingerprint density at radius 2 is 0.676 bits per heavy atom. The van der Waals surface area contributed by atoms with Crippen LogP contribution in [0.4, 0.5) is 0 Å². The minimum Gasteiger partial charge on any atom is -0.394 e. The zero-order valence-corrected chi connectivity index (χ0v) is 25.1. The van der Waals surface area contributed by atoms with Gasteiger partial charge in [0.25, 0.3) is 0 Å². The van der Waals surface area contributed by atoms with E-state index >= 15 is 0 Å². The van der Waals surface area contributed by atoms with E-state index in [9.17, 15) is 10.2 Å². The van der Waals surface area contributed by atoms with E-state index in [2.05, 4.69) is 13.8 Å². The van der Waals surface area contributed by atoms with E-state index in [1.807, 2.05) is 0 Å². The largest absolute Gasteiger partial charge is 0.394 e. The van der Waals surface area contributed by atoms with Gasteiger partial charge in [-0.25, -0.2) is 0 Å². The molecule has 0 aromatic rings. The quantitative estimate of drug-likeness (QED) is 0.0855. The van der Waals surface area contributed by atoms with Crippen LogP contribution in [0.25, 0.3) is 0 Å². The van der Waals surface area contributed by atoms with E-state index < -0.39 is 12.2 Å². The first kappa shape index (κ1) is 36.8. The van der Waals surface area contributed by atoms with Crippen LogP contribution >= 0.6 is 0 Å². The molecular formula is C32H66O5. The monoisotopic (exact) mass is 530 g/mol. The summed E-state index contributed by atoms with van der Waals surface area (Å²) < 4.78 is 17.3. The van der Waals surface area contributed by atoms with Crippen LogP contribution in [0.5, 0.6) is 0 Å². The summed E-state index contributed by atoms with van der Waals surface area (Å²) in [5.74, 6) is 0. The zero-order chi connectivity index (χ0) is 27.1. The molecule has 0 aliphatic rings. The number of ether oxygens (including phenoxy) is 3. The minimum atomic E-state index is -0.407. The average molecular weight is 531 g/mol. The molecule has 0 saturated carbocycles. The molecule has 0 amide bonds. The predicted octanol–water partition coefficient (Wildman–Crippen LogP) is 8.38. The second kappa shape index (κ2) is 32.0. The van der Waals surface area contributed by atoms with Crippen LogP contribution < -0.4 is 0 Å². The molecule has 0 aliphatic carbocycles. The third-order valence-electron chi connectivity index (χ3n) is 7.18. The molecular weight excluding hydrogens is 464 g/mol. The molecule has 0 bridgehead atoms. The first-order chi connectivity index (χ1) is 18.3. The minimum absolute atomic E-state index is 0.104. The maximum atomic E-state index is 9.62. The standard InChI is InChI=1S/C32H66O5/c1-3-5-7-9-11-13-15-17-19-21-23-25-35-29-31(27-33)37-32(28-34)30-36-26-24-22-20-18-16-14-12-10-8-6-4-2/h31-34H,3-30H2,1-2H3. The van der Waals surface area contributed by atoms with Gasteiger partial charge in [-0.3, -0.25) is 0 Å². The Morgan fingerprint density at radius 1 is 0.405 bits per heavy atom. The summed E-state index contributed by atoms with van der Waals surface area (Å²) in [5.41, 5.74) is 0. The van der Waals surface area contributed by atoms with E-state index in [0.717, 1.165) is 12.8 Å². The van der Waals surface area contributed by atoms with E-state index in [-0.39, 0.29) is 13.2 Å². The van der Waals surface area contributed by atoms with E-state index in [1.165, 1.54) is 128 Å². The summed E-state index contributed by atoms with van der Waals surface area (Å²) in [4.78, 5) is 0. The van der Waals surface area contributed by atoms with Gasteiger partial charge in [-0.15, -0.1) is 0 Å². The van der Waals surface area contributed by atoms with Gasteiger partial charge in [0.1, 0.15) is 12.2 Å². The lowest BCUT2D eigenvalue weighted by atomic mass is 10.1. The predicted molar refractivity (Wildman–Crippen MR) is 157 cm³/mol. The third-order valence-corrected chi connectivity index (χ3v) is 7.18. The van der Waals surface area contributed by atoms with Crippen LogP contribution in [0.3, 0.4) is 0 Å². The highest BCUT2D eigenvalue weighted by Crippen LogP contribution is 2.13. The molecule has 0 heterocycles. The smallest absolute Gasteiger partial charge is 0.104 e. The van der Waals surface area contributed by atoms with Gasteiger partial charge in [0.15, 0.2) is 0 Å². The average Bonchev–Trinajstić information content (AvgIpc) is 2.92. The van der Waals surface area contributed by atoms with Gasteiger partial charge in [-0.2, -0.15) is 0 Å². The van der Waals surface area contributed by atoms with Crippen molar-refractivity contribution in [1.82, 2.24) is 0 Å². The molecule has 0 radical (unpaired) electrons. The number of aliphatic hydroxyl groups excluding tert-OH is 2. The highest BCUT2D eigenvalue weighted by atomic mass is 16.6. The summed E-state index contributed by atoms with van der Waals surface area (Å²) in [6, 6.07) is 0. The fourth-order valence-corrected chi connectivity index (χ4v) is 4.71. The Kier molecular flexibility index (Phi) is 31.8. The van der Waals surface area contributed by atoms with Crippen molar-refractivity contribution in [2.24, 2.45) is 0 Å². The molecule has 0 aromatic heterocycles. The van der Waals surface area contributed by atoms with Crippen LogP contribution in [0.1, 0.15) is 155 Å². The number of rotatable bonds is 32. The maximum Gasteiger partial charge on any atom is 0.104 e. The van der Waals surface area contributed by atoms with E-state index in [0.29, 0.717) is 26.4 Å². The van der Waals surface area contributed by atoms with Gasteiger partial charge in [-0.05, 0) is 12.8 Å². The molecule has 5 heteroatoms. The van der Waals surface area contributed by atoms with Crippen molar-refractivity contribution >= 4 is 0 Å². The summed E-state index contributed by atoms with van der Waals surface area (Å²) >= 11 is 0. The van der Waals surface area contributed by atoms with Gasteiger partial charge in [-0.1, -0.05) is 142 Å². The van der Waals surface area contributed by atoms with Crippen LogP contribution in [0, 0.1) is 0 Å². The highest BCUT2D eigenvalue weighted by molar-refractivity contribution is 4.62. The van der Waals surface area contributed by atoms with Crippen LogP contribution in [0.15, 0.2) is 0 Å². The van der Waals surface area contributed by atoms with Crippen molar-refractivity contribution < 1.29 is 24.4 Å². The lowest BCUT2D eigenvalue weighted by Gasteiger charge is -2.22. The van der Waals surface area contributed by atoms with Crippen molar-refractivity contribution in [1.29, 1.82) is 0 Å². The molecule has 0 spiro atoms. The summed E-state index contributed by atoms with van der Waals surface area (Å²) in [6.07, 6.45) is 28.2. The van der Waals surface area contributed by atoms with Crippen LogP contribution in [-0.4, -0.2) is 62.1 Å². The fourth-order valence-electron chi connectivity index (χ4n) is 4.71. The van der Waals surface area contributed by atoms with Crippen LogP contribution in [0.2, 0.25) is 0 Å². The second-order valence-corrected chi connectivity index (χ2v) is 11.0. The normalized spacial score (nSPS) is 13.3. The van der Waals surface area contributed by atoms with Crippen molar-refractivity contribution in [3.8, 4) is 0 Å². The van der Waals surface area contributed by atoms with Gasteiger partial charge in [0, 0.05) is 13.2 Å². The highest BCUT2D eigenvalue weighted by Gasteiger charge is 2.16. The van der Waals surface area contributed by atoms with Crippen molar-refractivity contribution in [3.05, 3.63) is 0 Å². The molecule has 0 aromatic carbocycles. The van der Waals surface area contributed by atoms with Crippen LogP contribution in [-0.2, 0) is 14.2 Å². The van der Waals surface area contributed by atoms with Gasteiger partial charge in [0.05, 0.1) is 26.4 Å². The molecule has 2 unspecified atom stereocenters. The first-order valence-electron chi connectivity index (χ1n) is 16.3.